The van der Waals surface area contributed by atoms with Gasteiger partial charge in [-0.2, -0.15) is 0 Å². The minimum atomic E-state index is -1.38. The lowest BCUT2D eigenvalue weighted by atomic mass is 9.99. The second-order valence-corrected chi connectivity index (χ2v) is 6.86. The Morgan fingerprint density at radius 3 is 2.33 bits per heavy atom. The molecule has 5 atom stereocenters. The quantitative estimate of drug-likeness (QED) is 0.524. The van der Waals surface area contributed by atoms with Gasteiger partial charge in [-0.3, -0.25) is 0 Å². The van der Waals surface area contributed by atoms with Gasteiger partial charge < -0.3 is 29.9 Å². The van der Waals surface area contributed by atoms with Gasteiger partial charge in [0.15, 0.2) is 11.1 Å². The first-order valence-corrected chi connectivity index (χ1v) is 7.92. The number of hydrogen-bond donors (Lipinski definition) is 4. The monoisotopic (exact) mass is 298 g/mol. The highest BCUT2D eigenvalue weighted by molar-refractivity contribution is 8.17. The van der Waals surface area contributed by atoms with Crippen LogP contribution < -0.4 is 0 Å². The molecule has 106 valence electrons. The highest BCUT2D eigenvalue weighted by Gasteiger charge is 2.45. The van der Waals surface area contributed by atoms with E-state index < -0.39 is 37.3 Å². The summed E-state index contributed by atoms with van der Waals surface area (Å²) in [5, 5.41) is 38.1. The van der Waals surface area contributed by atoms with Crippen molar-refractivity contribution in [1.29, 1.82) is 0 Å². The molecule has 0 bridgehead atoms. The van der Waals surface area contributed by atoms with Crippen LogP contribution in [0.5, 0.6) is 0 Å². The number of hydrogen-bond acceptors (Lipinski definition) is 8. The number of ether oxygens (including phenoxy) is 2. The predicted octanol–water partition coefficient (Wildman–Crippen LogP) is -1.04. The first-order chi connectivity index (χ1) is 8.63. The zero-order valence-electron chi connectivity index (χ0n) is 9.71. The van der Waals surface area contributed by atoms with Crippen molar-refractivity contribution in [3.05, 3.63) is 0 Å². The fourth-order valence-electron chi connectivity index (χ4n) is 1.83. The Kier molecular flexibility index (Phi) is 5.58. The van der Waals surface area contributed by atoms with Gasteiger partial charge in [0.25, 0.3) is 0 Å². The van der Waals surface area contributed by atoms with Gasteiger partial charge in [-0.15, -0.1) is 23.5 Å². The van der Waals surface area contributed by atoms with Crippen molar-refractivity contribution >= 4 is 23.5 Å². The molecule has 2 aliphatic heterocycles. The molecule has 0 aliphatic carbocycles. The Hall–Kier alpha value is 0.460. The molecule has 0 radical (unpaired) electrons. The van der Waals surface area contributed by atoms with Crippen molar-refractivity contribution in [2.24, 2.45) is 0 Å². The standard InChI is InChI=1S/C10H18O6S2/c11-4-5-6(12)7(13)8(14)9(15-5)16-10-17-2-1-3-18-10/h5-14H,1-4H2/t5-,6-,7+,8-,9?/m1/s1. The third-order valence-corrected chi connectivity index (χ3v) is 5.52. The topological polar surface area (TPSA) is 99.4 Å². The number of aliphatic hydroxyl groups excluding tert-OH is 4. The van der Waals surface area contributed by atoms with Gasteiger partial charge >= 0.3 is 0 Å². The molecule has 0 amide bonds. The SMILES string of the molecule is OC[C@H]1OC(OC2SCCCS2)[C@H](O)[C@@H](O)[C@@H]1O. The van der Waals surface area contributed by atoms with Crippen LogP contribution in [0.1, 0.15) is 6.42 Å². The molecule has 0 aromatic rings. The molecule has 0 spiro atoms. The van der Waals surface area contributed by atoms with Crippen LogP contribution in [0.25, 0.3) is 0 Å². The van der Waals surface area contributed by atoms with E-state index >= 15 is 0 Å². The van der Waals surface area contributed by atoms with Crippen LogP contribution in [0, 0.1) is 0 Å². The normalized spacial score (nSPS) is 43.0. The van der Waals surface area contributed by atoms with Crippen LogP contribution in [0.2, 0.25) is 0 Å². The van der Waals surface area contributed by atoms with E-state index in [9.17, 15) is 15.3 Å². The van der Waals surface area contributed by atoms with Crippen LogP contribution in [-0.4, -0.2) is 74.0 Å². The molecule has 8 heteroatoms. The van der Waals surface area contributed by atoms with E-state index in [0.29, 0.717) is 0 Å². The Morgan fingerprint density at radius 1 is 1.06 bits per heavy atom. The van der Waals surface area contributed by atoms with Crippen LogP contribution in [0.15, 0.2) is 0 Å². The minimum Gasteiger partial charge on any atom is -0.394 e. The summed E-state index contributed by atoms with van der Waals surface area (Å²) in [6.07, 6.45) is -4.85. The average Bonchev–Trinajstić information content (AvgIpc) is 2.40. The van der Waals surface area contributed by atoms with Gasteiger partial charge in [0.1, 0.15) is 24.4 Å². The Bertz CT molecular complexity index is 261. The molecular formula is C10H18O6S2. The van der Waals surface area contributed by atoms with Crippen molar-refractivity contribution in [1.82, 2.24) is 0 Å². The lowest BCUT2D eigenvalue weighted by molar-refractivity contribution is -0.298. The van der Waals surface area contributed by atoms with Crippen molar-refractivity contribution in [3.8, 4) is 0 Å². The first-order valence-electron chi connectivity index (χ1n) is 5.82. The Balaban J connectivity index is 1.93. The van der Waals surface area contributed by atoms with Gasteiger partial charge in [-0.05, 0) is 17.9 Å². The van der Waals surface area contributed by atoms with Gasteiger partial charge in [0.2, 0.25) is 0 Å². The Morgan fingerprint density at radius 2 is 1.72 bits per heavy atom. The third kappa shape index (κ3) is 3.31. The van der Waals surface area contributed by atoms with Crippen LogP contribution >= 0.6 is 23.5 Å². The van der Waals surface area contributed by atoms with Crippen LogP contribution in [-0.2, 0) is 9.47 Å². The number of rotatable bonds is 3. The molecule has 2 aliphatic rings. The molecule has 18 heavy (non-hydrogen) atoms. The summed E-state index contributed by atoms with van der Waals surface area (Å²) in [6.45, 7) is -0.435. The second-order valence-electron chi connectivity index (χ2n) is 4.22. The van der Waals surface area contributed by atoms with Crippen LogP contribution in [0.4, 0.5) is 0 Å². The molecule has 0 saturated carbocycles. The minimum absolute atomic E-state index is 0.153. The maximum Gasteiger partial charge on any atom is 0.189 e. The van der Waals surface area contributed by atoms with Crippen molar-refractivity contribution in [2.45, 2.75) is 41.9 Å². The largest absolute Gasteiger partial charge is 0.394 e. The molecule has 2 rings (SSSR count). The molecule has 2 fully saturated rings. The summed E-state index contributed by atoms with van der Waals surface area (Å²) in [5.41, 5.74) is 0. The van der Waals surface area contributed by atoms with E-state index in [-0.39, 0.29) is 4.77 Å². The summed E-state index contributed by atoms with van der Waals surface area (Å²) in [7, 11) is 0. The fourth-order valence-corrected chi connectivity index (χ4v) is 4.36. The van der Waals surface area contributed by atoms with Gasteiger partial charge in [0, 0.05) is 0 Å². The Labute approximate surface area is 114 Å². The van der Waals surface area contributed by atoms with E-state index in [4.69, 9.17) is 14.6 Å². The van der Waals surface area contributed by atoms with Crippen LogP contribution in [0.3, 0.4) is 0 Å². The van der Waals surface area contributed by atoms with E-state index in [1.807, 2.05) is 0 Å². The maximum absolute atomic E-state index is 9.79. The molecule has 0 aromatic heterocycles. The summed E-state index contributed by atoms with van der Waals surface area (Å²) >= 11 is 3.23. The van der Waals surface area contributed by atoms with E-state index in [1.54, 1.807) is 23.5 Å². The lowest BCUT2D eigenvalue weighted by Crippen LogP contribution is -2.59. The summed E-state index contributed by atoms with van der Waals surface area (Å²) in [5.74, 6) is 1.96. The first kappa shape index (κ1) is 14.9. The van der Waals surface area contributed by atoms with E-state index in [2.05, 4.69) is 0 Å². The summed E-state index contributed by atoms with van der Waals surface area (Å²) in [4.78, 5) is 0. The molecule has 2 saturated heterocycles. The molecule has 0 aromatic carbocycles. The van der Waals surface area contributed by atoms with Crippen molar-refractivity contribution < 1.29 is 29.9 Å². The molecule has 4 N–H and O–H groups in total. The predicted molar refractivity (Wildman–Crippen MR) is 68.2 cm³/mol. The second kappa shape index (κ2) is 6.76. The van der Waals surface area contributed by atoms with Gasteiger partial charge in [-0.25, -0.2) is 0 Å². The summed E-state index contributed by atoms with van der Waals surface area (Å²) < 4.78 is 10.7. The van der Waals surface area contributed by atoms with E-state index in [1.165, 1.54) is 0 Å². The van der Waals surface area contributed by atoms with Gasteiger partial charge in [-0.1, -0.05) is 0 Å². The average molecular weight is 298 g/mol. The highest BCUT2D eigenvalue weighted by atomic mass is 32.2. The van der Waals surface area contributed by atoms with Crippen molar-refractivity contribution in [2.75, 3.05) is 18.1 Å². The number of aliphatic hydroxyl groups is 4. The third-order valence-electron chi connectivity index (χ3n) is 2.89. The van der Waals surface area contributed by atoms with Crippen molar-refractivity contribution in [3.63, 3.8) is 0 Å². The molecule has 1 unspecified atom stereocenters. The molecular weight excluding hydrogens is 280 g/mol. The lowest BCUT2D eigenvalue weighted by Gasteiger charge is -2.40. The zero-order chi connectivity index (χ0) is 13.1. The highest BCUT2D eigenvalue weighted by Crippen LogP contribution is 2.34. The number of thioether (sulfide) groups is 2. The molecule has 2 heterocycles. The fraction of sp³-hybridized carbons (Fsp3) is 1.00. The zero-order valence-corrected chi connectivity index (χ0v) is 11.3. The maximum atomic E-state index is 9.79. The van der Waals surface area contributed by atoms with Gasteiger partial charge in [0.05, 0.1) is 6.61 Å². The smallest absolute Gasteiger partial charge is 0.189 e. The van der Waals surface area contributed by atoms with E-state index in [0.717, 1.165) is 17.9 Å². The summed E-state index contributed by atoms with van der Waals surface area (Å²) in [6, 6.07) is 0. The molecule has 6 nitrogen and oxygen atoms in total.